The number of rotatable bonds is 21. The molecule has 16 heteroatoms. The molecule has 2 aromatic rings. The van der Waals surface area contributed by atoms with Crippen molar-refractivity contribution in [3.63, 3.8) is 0 Å². The van der Waals surface area contributed by atoms with Crippen molar-refractivity contribution in [2.75, 3.05) is 18.4 Å². The van der Waals surface area contributed by atoms with E-state index in [0.29, 0.717) is 56.3 Å². The number of nitrogens with one attached hydrogen (secondary N) is 2. The molecule has 0 spiro atoms. The maximum atomic E-state index is 13.7. The largest absolute Gasteiger partial charge is 0.514 e. The highest BCUT2D eigenvalue weighted by Crippen LogP contribution is 2.45. The fraction of sp³-hybridized carbons (Fsp3) is 0.432. The van der Waals surface area contributed by atoms with Crippen LogP contribution in [0.2, 0.25) is 0 Å². The highest BCUT2D eigenvalue weighted by Gasteiger charge is 2.49. The number of unbranched alkanes of at least 4 members (excludes halogenated alkanes) is 3. The number of non-ortho nitro benzene ring substituents is 1. The van der Waals surface area contributed by atoms with Crippen LogP contribution in [-0.2, 0) is 35.3 Å². The molecule has 0 radical (unpaired) electrons. The number of ketones is 2. The van der Waals surface area contributed by atoms with Crippen LogP contribution in [-0.4, -0.2) is 64.4 Å². The number of hydrogen-bond acceptors (Lipinski definition) is 11. The number of nitro benzene ring substituents is 1. The van der Waals surface area contributed by atoms with Crippen molar-refractivity contribution in [1.29, 1.82) is 0 Å². The van der Waals surface area contributed by atoms with Crippen LogP contribution in [0.4, 0.5) is 21.0 Å². The summed E-state index contributed by atoms with van der Waals surface area (Å²) in [4.78, 5) is 98.6. The van der Waals surface area contributed by atoms with E-state index in [-0.39, 0.29) is 67.2 Å². The Morgan fingerprint density at radius 2 is 1.55 bits per heavy atom. The van der Waals surface area contributed by atoms with Crippen LogP contribution in [0, 0.1) is 21.4 Å². The van der Waals surface area contributed by atoms with Gasteiger partial charge < -0.3 is 25.8 Å². The lowest BCUT2D eigenvalue weighted by atomic mass is 9.61. The van der Waals surface area contributed by atoms with Gasteiger partial charge in [0.05, 0.1) is 10.3 Å². The Labute approximate surface area is 305 Å². The number of primary amides is 1. The Morgan fingerprint density at radius 1 is 0.887 bits per heavy atom. The minimum Gasteiger partial charge on any atom is -0.429 e. The van der Waals surface area contributed by atoms with E-state index in [2.05, 4.69) is 10.6 Å². The minimum atomic E-state index is -1.12. The molecule has 0 bridgehead atoms. The molecule has 1 fully saturated rings. The highest BCUT2D eigenvalue weighted by atomic mass is 16.7. The summed E-state index contributed by atoms with van der Waals surface area (Å²) in [5, 5.41) is 16.1. The molecule has 4 rings (SSSR count). The quantitative estimate of drug-likeness (QED) is 0.0297. The molecular weight excluding hydrogens is 690 g/mol. The van der Waals surface area contributed by atoms with Gasteiger partial charge in [0.25, 0.3) is 17.5 Å². The summed E-state index contributed by atoms with van der Waals surface area (Å²) >= 11 is 0. The number of nitro groups is 1. The summed E-state index contributed by atoms with van der Waals surface area (Å²) in [5.41, 5.74) is 4.89. The first-order chi connectivity index (χ1) is 25.4. The zero-order chi connectivity index (χ0) is 38.4. The van der Waals surface area contributed by atoms with Gasteiger partial charge in [-0.15, -0.1) is 0 Å². The zero-order valence-electron chi connectivity index (χ0n) is 29.2. The van der Waals surface area contributed by atoms with E-state index in [1.807, 2.05) is 0 Å². The molecule has 4 N–H and O–H groups in total. The second-order valence-corrected chi connectivity index (χ2v) is 13.0. The normalized spacial score (nSPS) is 14.9. The van der Waals surface area contributed by atoms with Gasteiger partial charge in [-0.25, -0.2) is 9.59 Å². The Morgan fingerprint density at radius 3 is 2.15 bits per heavy atom. The number of Topliss-reactive ketones (excluding diaryl/α,β-unsaturated/α-hetero) is 2. The predicted octanol–water partition coefficient (Wildman–Crippen LogP) is 4.89. The standard InChI is InChI=1S/C37H43N5O11/c38-35(48)39-21-5-7-26(23-31(44)37(19-6-20-37)30(43)8-3-1-2-4-22-41-32(45)17-18-33(41)46)34(47)40-27-11-9-25(10-12-27)24-52-36(49)53-29-15-13-28(14-16-29)42(50)51/h9-18,26H,1-8,19-24H2,(H,40,47)(H3,38,39,48)/t26-/m0/s1. The monoisotopic (exact) mass is 733 g/mol. The van der Waals surface area contributed by atoms with Gasteiger partial charge in [0, 0.05) is 61.8 Å². The second-order valence-electron chi connectivity index (χ2n) is 13.0. The van der Waals surface area contributed by atoms with Gasteiger partial charge in [-0.05, 0) is 68.4 Å². The van der Waals surface area contributed by atoms with Gasteiger partial charge in [0.2, 0.25) is 5.91 Å². The molecule has 2 aromatic carbocycles. The Balaban J connectivity index is 1.27. The molecule has 1 saturated carbocycles. The summed E-state index contributed by atoms with van der Waals surface area (Å²) in [7, 11) is 0. The Hall–Kier alpha value is -5.93. The van der Waals surface area contributed by atoms with E-state index < -0.39 is 34.3 Å². The van der Waals surface area contributed by atoms with Crippen molar-refractivity contribution in [2.45, 2.75) is 77.2 Å². The number of carbonyl (C=O) groups is 7. The third-order valence-electron chi connectivity index (χ3n) is 9.37. The maximum absolute atomic E-state index is 13.7. The van der Waals surface area contributed by atoms with Crippen LogP contribution in [0.15, 0.2) is 60.7 Å². The van der Waals surface area contributed by atoms with E-state index in [0.717, 1.165) is 12.8 Å². The average Bonchev–Trinajstić information content (AvgIpc) is 3.42. The molecule has 282 valence electrons. The van der Waals surface area contributed by atoms with Crippen molar-refractivity contribution in [3.05, 3.63) is 76.4 Å². The van der Waals surface area contributed by atoms with Gasteiger partial charge in [0.1, 0.15) is 23.9 Å². The van der Waals surface area contributed by atoms with Crippen LogP contribution in [0.5, 0.6) is 5.75 Å². The second kappa shape index (κ2) is 19.1. The Kier molecular flexibility index (Phi) is 14.3. The minimum absolute atomic E-state index is 0.0718. The number of benzene rings is 2. The molecule has 1 aliphatic heterocycles. The lowest BCUT2D eigenvalue weighted by molar-refractivity contribution is -0.384. The summed E-state index contributed by atoms with van der Waals surface area (Å²) in [6.07, 6.45) is 6.37. The lowest BCUT2D eigenvalue weighted by Gasteiger charge is -2.39. The topological polar surface area (TPSA) is 234 Å². The first-order valence-corrected chi connectivity index (χ1v) is 17.5. The van der Waals surface area contributed by atoms with Gasteiger partial charge in [-0.2, -0.15) is 0 Å². The number of anilines is 1. The molecule has 16 nitrogen and oxygen atoms in total. The lowest BCUT2D eigenvalue weighted by Crippen LogP contribution is -2.46. The first-order valence-electron chi connectivity index (χ1n) is 17.5. The van der Waals surface area contributed by atoms with Crippen molar-refractivity contribution in [3.8, 4) is 5.75 Å². The van der Waals surface area contributed by atoms with E-state index in [4.69, 9.17) is 15.2 Å². The fourth-order valence-corrected chi connectivity index (χ4v) is 6.18. The van der Waals surface area contributed by atoms with Crippen LogP contribution < -0.4 is 21.1 Å². The van der Waals surface area contributed by atoms with Gasteiger partial charge in [0.15, 0.2) is 0 Å². The van der Waals surface area contributed by atoms with Crippen LogP contribution in [0.1, 0.15) is 76.2 Å². The van der Waals surface area contributed by atoms with Gasteiger partial charge >= 0.3 is 12.2 Å². The summed E-state index contributed by atoms with van der Waals surface area (Å²) in [6, 6.07) is 10.7. The number of imide groups is 1. The van der Waals surface area contributed by atoms with Crippen LogP contribution in [0.3, 0.4) is 0 Å². The molecule has 0 unspecified atom stereocenters. The maximum Gasteiger partial charge on any atom is 0.514 e. The predicted molar refractivity (Wildman–Crippen MR) is 189 cm³/mol. The SMILES string of the molecule is NC(=O)NCCC[C@@H](CC(=O)C1(C(=O)CCCCCCN2C(=O)C=CC2=O)CCC1)C(=O)Nc1ccc(COC(=O)Oc2ccc([N+](=O)[O-])cc2)cc1. The van der Waals surface area contributed by atoms with Crippen molar-refractivity contribution in [1.82, 2.24) is 10.2 Å². The number of nitrogens with two attached hydrogens (primary N) is 1. The van der Waals surface area contributed by atoms with E-state index >= 15 is 0 Å². The Bertz CT molecular complexity index is 1700. The molecule has 53 heavy (non-hydrogen) atoms. The molecule has 1 heterocycles. The van der Waals surface area contributed by atoms with Gasteiger partial charge in [-0.3, -0.25) is 39.0 Å². The first kappa shape index (κ1) is 39.8. The van der Waals surface area contributed by atoms with E-state index in [1.54, 1.807) is 24.3 Å². The molecular formula is C37H43N5O11. The van der Waals surface area contributed by atoms with Crippen LogP contribution >= 0.6 is 0 Å². The van der Waals surface area contributed by atoms with Crippen molar-refractivity contribution in [2.24, 2.45) is 17.1 Å². The molecule has 2 aliphatic rings. The summed E-state index contributed by atoms with van der Waals surface area (Å²) in [5.74, 6) is -2.20. The van der Waals surface area contributed by atoms with Crippen molar-refractivity contribution >= 4 is 52.8 Å². The number of nitrogens with zero attached hydrogens (tertiary/aromatic N) is 2. The summed E-state index contributed by atoms with van der Waals surface area (Å²) in [6.45, 7) is 0.371. The fourth-order valence-electron chi connectivity index (χ4n) is 6.18. The van der Waals surface area contributed by atoms with E-state index in [9.17, 15) is 43.7 Å². The smallest absolute Gasteiger partial charge is 0.429 e. The third kappa shape index (κ3) is 11.5. The highest BCUT2D eigenvalue weighted by molar-refractivity contribution is 6.13. The number of hydrogen-bond donors (Lipinski definition) is 3. The number of amides is 5. The molecule has 0 saturated heterocycles. The zero-order valence-corrected chi connectivity index (χ0v) is 29.2. The number of ether oxygens (including phenoxy) is 2. The number of carbonyl (C=O) groups excluding carboxylic acids is 7. The van der Waals surface area contributed by atoms with Crippen molar-refractivity contribution < 1.29 is 48.0 Å². The number of urea groups is 1. The third-order valence-corrected chi connectivity index (χ3v) is 9.37. The van der Waals surface area contributed by atoms with Gasteiger partial charge in [-0.1, -0.05) is 31.4 Å². The average molecular weight is 734 g/mol. The molecule has 1 aliphatic carbocycles. The molecule has 0 aromatic heterocycles. The van der Waals surface area contributed by atoms with Crippen LogP contribution in [0.25, 0.3) is 0 Å². The molecule has 1 atom stereocenters. The van der Waals surface area contributed by atoms with E-state index in [1.165, 1.54) is 41.3 Å². The molecule has 5 amide bonds. The summed E-state index contributed by atoms with van der Waals surface area (Å²) < 4.78 is 10.1.